The van der Waals surface area contributed by atoms with E-state index in [2.05, 4.69) is 15.4 Å². The number of fused-ring (bicyclic) bond motifs is 1. The number of carboxylic acids is 1. The number of amides is 1. The highest BCUT2D eigenvalue weighted by Crippen LogP contribution is 2.18. The number of rotatable bonds is 4. The monoisotopic (exact) mass is 330 g/mol. The SMILES string of the molecule is Cc1nc2ccnn2c(C)c1C(=O)NCc1ccsc1C(=O)O. The smallest absolute Gasteiger partial charge is 0.346 e. The fourth-order valence-corrected chi connectivity index (χ4v) is 3.25. The van der Waals surface area contributed by atoms with Gasteiger partial charge in [0.15, 0.2) is 5.65 Å². The van der Waals surface area contributed by atoms with E-state index in [1.165, 1.54) is 0 Å². The molecule has 0 unspecified atom stereocenters. The quantitative estimate of drug-likeness (QED) is 0.763. The number of hydrogen-bond acceptors (Lipinski definition) is 5. The van der Waals surface area contributed by atoms with Gasteiger partial charge in [-0.1, -0.05) is 0 Å². The van der Waals surface area contributed by atoms with Gasteiger partial charge in [0, 0.05) is 12.6 Å². The predicted molar refractivity (Wildman–Crippen MR) is 84.9 cm³/mol. The van der Waals surface area contributed by atoms with Crippen molar-refractivity contribution >= 4 is 28.9 Å². The average Bonchev–Trinajstić information content (AvgIpc) is 3.13. The third kappa shape index (κ3) is 2.68. The van der Waals surface area contributed by atoms with Crippen molar-refractivity contribution in [3.63, 3.8) is 0 Å². The maximum absolute atomic E-state index is 12.5. The van der Waals surface area contributed by atoms with Gasteiger partial charge in [-0.2, -0.15) is 5.10 Å². The third-order valence-corrected chi connectivity index (χ3v) is 4.50. The summed E-state index contributed by atoms with van der Waals surface area (Å²) in [6.07, 6.45) is 1.63. The Labute approximate surface area is 135 Å². The van der Waals surface area contributed by atoms with Crippen molar-refractivity contribution in [3.05, 3.63) is 51.1 Å². The Morgan fingerprint density at radius 3 is 2.87 bits per heavy atom. The molecule has 118 valence electrons. The molecule has 0 bridgehead atoms. The van der Waals surface area contributed by atoms with Crippen LogP contribution in [-0.4, -0.2) is 31.6 Å². The molecule has 2 N–H and O–H groups in total. The van der Waals surface area contributed by atoms with Crippen molar-refractivity contribution in [1.29, 1.82) is 0 Å². The molecule has 0 aromatic carbocycles. The fraction of sp³-hybridized carbons (Fsp3) is 0.200. The molecule has 0 fully saturated rings. The number of nitrogens with one attached hydrogen (secondary N) is 1. The van der Waals surface area contributed by atoms with Crippen LogP contribution in [0.25, 0.3) is 5.65 Å². The van der Waals surface area contributed by atoms with Crippen molar-refractivity contribution in [3.8, 4) is 0 Å². The van der Waals surface area contributed by atoms with Crippen molar-refractivity contribution < 1.29 is 14.7 Å². The number of aromatic nitrogens is 3. The number of carbonyl (C=O) groups excluding carboxylic acids is 1. The lowest BCUT2D eigenvalue weighted by Gasteiger charge is -2.11. The van der Waals surface area contributed by atoms with Crippen molar-refractivity contribution in [1.82, 2.24) is 19.9 Å². The fourth-order valence-electron chi connectivity index (χ4n) is 2.49. The Morgan fingerprint density at radius 2 is 2.13 bits per heavy atom. The molecule has 3 aromatic heterocycles. The van der Waals surface area contributed by atoms with E-state index in [0.29, 0.717) is 28.2 Å². The summed E-state index contributed by atoms with van der Waals surface area (Å²) in [4.78, 5) is 28.2. The second kappa shape index (κ2) is 5.81. The highest BCUT2D eigenvalue weighted by atomic mass is 32.1. The Kier molecular flexibility index (Phi) is 3.83. The normalized spacial score (nSPS) is 10.9. The van der Waals surface area contributed by atoms with Gasteiger partial charge in [0.05, 0.1) is 23.1 Å². The summed E-state index contributed by atoms with van der Waals surface area (Å²) in [6, 6.07) is 3.47. The number of aryl methyl sites for hydroxylation is 2. The zero-order valence-corrected chi connectivity index (χ0v) is 13.3. The van der Waals surface area contributed by atoms with Crippen LogP contribution in [0, 0.1) is 13.8 Å². The molecule has 0 aliphatic carbocycles. The molecule has 3 heterocycles. The van der Waals surface area contributed by atoms with Gasteiger partial charge in [0.2, 0.25) is 0 Å². The van der Waals surface area contributed by atoms with E-state index in [1.807, 2.05) is 0 Å². The van der Waals surface area contributed by atoms with E-state index in [0.717, 1.165) is 11.3 Å². The second-order valence-corrected chi connectivity index (χ2v) is 5.94. The van der Waals surface area contributed by atoms with Crippen LogP contribution in [0.3, 0.4) is 0 Å². The number of thiophene rings is 1. The second-order valence-electron chi connectivity index (χ2n) is 5.02. The van der Waals surface area contributed by atoms with E-state index in [4.69, 9.17) is 5.11 Å². The maximum atomic E-state index is 12.5. The Morgan fingerprint density at radius 1 is 1.35 bits per heavy atom. The van der Waals surface area contributed by atoms with Gasteiger partial charge in [0.25, 0.3) is 5.91 Å². The molecular weight excluding hydrogens is 316 g/mol. The van der Waals surface area contributed by atoms with Crippen LogP contribution in [0.1, 0.15) is 37.0 Å². The molecule has 0 aliphatic rings. The third-order valence-electron chi connectivity index (χ3n) is 3.55. The van der Waals surface area contributed by atoms with Gasteiger partial charge in [-0.3, -0.25) is 4.79 Å². The predicted octanol–water partition coefficient (Wildman–Crippen LogP) is 2.04. The van der Waals surface area contributed by atoms with Gasteiger partial charge < -0.3 is 10.4 Å². The molecule has 0 aliphatic heterocycles. The zero-order valence-electron chi connectivity index (χ0n) is 12.5. The Hall–Kier alpha value is -2.74. The molecular formula is C15H14N4O3S. The minimum absolute atomic E-state index is 0.153. The van der Waals surface area contributed by atoms with Crippen LogP contribution in [0.15, 0.2) is 23.7 Å². The van der Waals surface area contributed by atoms with E-state index < -0.39 is 5.97 Å². The summed E-state index contributed by atoms with van der Waals surface area (Å²) in [7, 11) is 0. The van der Waals surface area contributed by atoms with Crippen molar-refractivity contribution in [2.75, 3.05) is 0 Å². The number of nitrogens with zero attached hydrogens (tertiary/aromatic N) is 3. The molecule has 0 saturated carbocycles. The Bertz CT molecular complexity index is 913. The first kappa shape index (κ1) is 15.2. The lowest BCUT2D eigenvalue weighted by Crippen LogP contribution is -2.26. The lowest BCUT2D eigenvalue weighted by atomic mass is 10.1. The van der Waals surface area contributed by atoms with Crippen LogP contribution in [0.2, 0.25) is 0 Å². The van der Waals surface area contributed by atoms with Gasteiger partial charge in [-0.25, -0.2) is 14.3 Å². The first-order chi connectivity index (χ1) is 11.0. The van der Waals surface area contributed by atoms with Gasteiger partial charge in [0.1, 0.15) is 4.88 Å². The minimum atomic E-state index is -0.990. The molecule has 7 nitrogen and oxygen atoms in total. The summed E-state index contributed by atoms with van der Waals surface area (Å²) in [5, 5.41) is 17.7. The topological polar surface area (TPSA) is 96.6 Å². The van der Waals surface area contributed by atoms with Crippen LogP contribution >= 0.6 is 11.3 Å². The first-order valence-corrected chi connectivity index (χ1v) is 7.76. The average molecular weight is 330 g/mol. The Balaban J connectivity index is 1.86. The van der Waals surface area contributed by atoms with E-state index >= 15 is 0 Å². The summed E-state index contributed by atoms with van der Waals surface area (Å²) < 4.78 is 1.61. The van der Waals surface area contributed by atoms with E-state index in [9.17, 15) is 9.59 Å². The molecule has 0 spiro atoms. The molecule has 0 saturated heterocycles. The maximum Gasteiger partial charge on any atom is 0.346 e. The van der Waals surface area contributed by atoms with Crippen LogP contribution < -0.4 is 5.32 Å². The summed E-state index contributed by atoms with van der Waals surface area (Å²) in [5.74, 6) is -1.29. The standard InChI is InChI=1S/C15H14N4O3S/c1-8-12(9(2)19-11(18-8)3-5-17-19)14(20)16-7-10-4-6-23-13(10)15(21)22/h3-6H,7H2,1-2H3,(H,16,20)(H,21,22). The van der Waals surface area contributed by atoms with Gasteiger partial charge >= 0.3 is 5.97 Å². The first-order valence-electron chi connectivity index (χ1n) is 6.88. The van der Waals surface area contributed by atoms with Crippen molar-refractivity contribution in [2.45, 2.75) is 20.4 Å². The number of carbonyl (C=O) groups is 2. The number of carboxylic acid groups (broad SMARTS) is 1. The largest absolute Gasteiger partial charge is 0.477 e. The molecule has 3 rings (SSSR count). The highest BCUT2D eigenvalue weighted by Gasteiger charge is 2.18. The lowest BCUT2D eigenvalue weighted by molar-refractivity contribution is 0.0699. The molecule has 0 radical (unpaired) electrons. The van der Waals surface area contributed by atoms with Gasteiger partial charge in [-0.05, 0) is 30.9 Å². The van der Waals surface area contributed by atoms with E-state index in [1.54, 1.807) is 42.1 Å². The van der Waals surface area contributed by atoms with Crippen LogP contribution in [-0.2, 0) is 6.54 Å². The minimum Gasteiger partial charge on any atom is -0.477 e. The van der Waals surface area contributed by atoms with Gasteiger partial charge in [-0.15, -0.1) is 11.3 Å². The molecule has 23 heavy (non-hydrogen) atoms. The summed E-state index contributed by atoms with van der Waals surface area (Å²) in [5.41, 5.74) is 3.02. The molecule has 3 aromatic rings. The van der Waals surface area contributed by atoms with Crippen molar-refractivity contribution in [2.24, 2.45) is 0 Å². The summed E-state index contributed by atoms with van der Waals surface area (Å²) >= 11 is 1.14. The molecule has 8 heteroatoms. The zero-order chi connectivity index (χ0) is 16.6. The molecule has 1 amide bonds. The number of hydrogen-bond donors (Lipinski definition) is 2. The number of aromatic carboxylic acids is 1. The molecule has 0 atom stereocenters. The summed E-state index contributed by atoms with van der Waals surface area (Å²) in [6.45, 7) is 3.72. The van der Waals surface area contributed by atoms with Crippen LogP contribution in [0.4, 0.5) is 0 Å². The van der Waals surface area contributed by atoms with E-state index in [-0.39, 0.29) is 17.3 Å². The van der Waals surface area contributed by atoms with Crippen LogP contribution in [0.5, 0.6) is 0 Å². The highest BCUT2D eigenvalue weighted by molar-refractivity contribution is 7.12.